The largest absolute Gasteiger partial charge is 0.459 e. The summed E-state index contributed by atoms with van der Waals surface area (Å²) in [5.74, 6) is -4.71. The zero-order chi connectivity index (χ0) is 18.6. The number of ether oxygens (including phenoxy) is 2. The number of Topliss-reactive ketones (excluding diaryl/α,β-unsaturated/α-hetero) is 2. The number of carbonyl (C=O) groups is 4. The third kappa shape index (κ3) is 8.47. The molecule has 0 radical (unpaired) electrons. The van der Waals surface area contributed by atoms with Crippen LogP contribution in [0.1, 0.15) is 61.8 Å². The summed E-state index contributed by atoms with van der Waals surface area (Å²) >= 11 is 0. The molecule has 0 spiro atoms. The molecule has 0 aromatic heterocycles. The van der Waals surface area contributed by atoms with Crippen molar-refractivity contribution in [2.24, 2.45) is 11.8 Å². The fourth-order valence-electron chi connectivity index (χ4n) is 1.84. The molecule has 0 saturated carbocycles. The van der Waals surface area contributed by atoms with Gasteiger partial charge in [-0.1, -0.05) is 0 Å². The van der Waals surface area contributed by atoms with Crippen LogP contribution in [0.3, 0.4) is 0 Å². The topological polar surface area (TPSA) is 86.7 Å². The molecule has 0 bridgehead atoms. The van der Waals surface area contributed by atoms with Crippen molar-refractivity contribution in [3.05, 3.63) is 0 Å². The lowest BCUT2D eigenvalue weighted by Crippen LogP contribution is -2.38. The molecule has 0 aliphatic carbocycles. The molecule has 0 rings (SSSR count). The highest BCUT2D eigenvalue weighted by Crippen LogP contribution is 2.22. The summed E-state index contributed by atoms with van der Waals surface area (Å²) in [5.41, 5.74) is -1.52. The van der Waals surface area contributed by atoms with Gasteiger partial charge in [0.1, 0.15) is 34.6 Å². The zero-order valence-corrected chi connectivity index (χ0v) is 15.3. The van der Waals surface area contributed by atoms with Crippen molar-refractivity contribution in [2.75, 3.05) is 0 Å². The highest BCUT2D eigenvalue weighted by molar-refractivity contribution is 6.02. The molecule has 0 aromatic carbocycles. The molecule has 23 heavy (non-hydrogen) atoms. The molecule has 0 aromatic rings. The van der Waals surface area contributed by atoms with Crippen molar-refractivity contribution >= 4 is 23.5 Å². The Balaban J connectivity index is 5.27. The lowest BCUT2D eigenvalue weighted by molar-refractivity contribution is -0.165. The Morgan fingerprint density at radius 3 is 1.13 bits per heavy atom. The Bertz CT molecular complexity index is 434. The molecule has 0 aliphatic rings. The van der Waals surface area contributed by atoms with E-state index in [1.165, 1.54) is 13.8 Å². The second-order valence-electron chi connectivity index (χ2n) is 7.63. The number of rotatable bonds is 6. The Morgan fingerprint density at radius 1 is 0.696 bits per heavy atom. The van der Waals surface area contributed by atoms with Crippen molar-refractivity contribution in [3.63, 3.8) is 0 Å². The fraction of sp³-hybridized carbons (Fsp3) is 0.765. The van der Waals surface area contributed by atoms with E-state index in [2.05, 4.69) is 0 Å². The third-order valence-electron chi connectivity index (χ3n) is 2.84. The monoisotopic (exact) mass is 328 g/mol. The Labute approximate surface area is 137 Å². The number of esters is 2. The minimum atomic E-state index is -1.17. The standard InChI is InChI=1S/C17H28O6/c1-10(18)12(14(20)22-16(3,4)5)9-13(11(2)19)15(21)23-17(6,7)8/h12-13H,9H2,1-8H3. The number of ketones is 2. The van der Waals surface area contributed by atoms with E-state index >= 15 is 0 Å². The molecule has 6 nitrogen and oxygen atoms in total. The van der Waals surface area contributed by atoms with Gasteiger partial charge in [0, 0.05) is 0 Å². The van der Waals surface area contributed by atoms with Crippen molar-refractivity contribution in [1.82, 2.24) is 0 Å². The molecule has 2 atom stereocenters. The minimum Gasteiger partial charge on any atom is -0.459 e. The minimum absolute atomic E-state index is 0.242. The molecule has 2 unspecified atom stereocenters. The maximum absolute atomic E-state index is 12.2. The van der Waals surface area contributed by atoms with Gasteiger partial charge in [0.05, 0.1) is 0 Å². The van der Waals surface area contributed by atoms with Gasteiger partial charge >= 0.3 is 11.9 Å². The predicted molar refractivity (Wildman–Crippen MR) is 84.6 cm³/mol. The van der Waals surface area contributed by atoms with Gasteiger partial charge in [-0.25, -0.2) is 0 Å². The van der Waals surface area contributed by atoms with Crippen LogP contribution in [-0.2, 0) is 28.7 Å². The summed E-state index contributed by atoms with van der Waals surface area (Å²) in [6, 6.07) is 0. The van der Waals surface area contributed by atoms with E-state index in [0.717, 1.165) is 0 Å². The molecule has 0 aliphatic heterocycles. The van der Waals surface area contributed by atoms with Crippen LogP contribution in [-0.4, -0.2) is 34.7 Å². The van der Waals surface area contributed by atoms with Crippen LogP contribution in [0.4, 0.5) is 0 Å². The SMILES string of the molecule is CC(=O)C(CC(C(C)=O)C(=O)OC(C)(C)C)C(=O)OC(C)(C)C. The fourth-order valence-corrected chi connectivity index (χ4v) is 1.84. The number of hydrogen-bond acceptors (Lipinski definition) is 6. The molecular weight excluding hydrogens is 300 g/mol. The Morgan fingerprint density at radius 2 is 0.957 bits per heavy atom. The molecule has 0 saturated heterocycles. The number of hydrogen-bond donors (Lipinski definition) is 0. The summed E-state index contributed by atoms with van der Waals surface area (Å²) < 4.78 is 10.4. The molecule has 0 heterocycles. The van der Waals surface area contributed by atoms with Crippen LogP contribution >= 0.6 is 0 Å². The van der Waals surface area contributed by atoms with Crippen LogP contribution in [0.5, 0.6) is 0 Å². The Hall–Kier alpha value is -1.72. The van der Waals surface area contributed by atoms with Gasteiger partial charge in [-0.15, -0.1) is 0 Å². The first-order chi connectivity index (χ1) is 10.1. The first-order valence-electron chi connectivity index (χ1n) is 7.60. The average Bonchev–Trinajstić information content (AvgIpc) is 2.22. The summed E-state index contributed by atoms with van der Waals surface area (Å²) in [6.07, 6.45) is -0.242. The van der Waals surface area contributed by atoms with E-state index in [-0.39, 0.29) is 6.42 Å². The summed E-state index contributed by atoms with van der Waals surface area (Å²) in [5, 5.41) is 0. The van der Waals surface area contributed by atoms with Gasteiger partial charge in [0.2, 0.25) is 0 Å². The third-order valence-corrected chi connectivity index (χ3v) is 2.84. The quantitative estimate of drug-likeness (QED) is 0.550. The highest BCUT2D eigenvalue weighted by Gasteiger charge is 2.37. The second-order valence-corrected chi connectivity index (χ2v) is 7.63. The van der Waals surface area contributed by atoms with E-state index in [4.69, 9.17) is 9.47 Å². The highest BCUT2D eigenvalue weighted by atomic mass is 16.6. The van der Waals surface area contributed by atoms with Crippen LogP contribution < -0.4 is 0 Å². The van der Waals surface area contributed by atoms with Crippen LogP contribution in [0.2, 0.25) is 0 Å². The first-order valence-corrected chi connectivity index (χ1v) is 7.60. The van der Waals surface area contributed by atoms with E-state index < -0.39 is 46.5 Å². The van der Waals surface area contributed by atoms with Gasteiger partial charge < -0.3 is 9.47 Å². The maximum Gasteiger partial charge on any atom is 0.317 e. The molecule has 0 N–H and O–H groups in total. The smallest absolute Gasteiger partial charge is 0.317 e. The van der Waals surface area contributed by atoms with Gasteiger partial charge in [-0.05, 0) is 61.8 Å². The van der Waals surface area contributed by atoms with E-state index in [1.54, 1.807) is 41.5 Å². The Kier molecular flexibility index (Phi) is 7.13. The van der Waals surface area contributed by atoms with Gasteiger partial charge in [-0.3, -0.25) is 19.2 Å². The van der Waals surface area contributed by atoms with Crippen LogP contribution in [0.15, 0.2) is 0 Å². The molecule has 0 fully saturated rings. The lowest BCUT2D eigenvalue weighted by atomic mass is 9.89. The number of carbonyl (C=O) groups excluding carboxylic acids is 4. The maximum atomic E-state index is 12.2. The van der Waals surface area contributed by atoms with E-state index in [0.29, 0.717) is 0 Å². The average molecular weight is 328 g/mol. The van der Waals surface area contributed by atoms with E-state index in [9.17, 15) is 19.2 Å². The lowest BCUT2D eigenvalue weighted by Gasteiger charge is -2.26. The van der Waals surface area contributed by atoms with Crippen LogP contribution in [0.25, 0.3) is 0 Å². The molecule has 0 amide bonds. The molecule has 6 heteroatoms. The van der Waals surface area contributed by atoms with Gasteiger partial charge in [-0.2, -0.15) is 0 Å². The van der Waals surface area contributed by atoms with Crippen molar-refractivity contribution in [3.8, 4) is 0 Å². The normalized spacial score (nSPS) is 14.6. The van der Waals surface area contributed by atoms with Gasteiger partial charge in [0.15, 0.2) is 0 Å². The second kappa shape index (κ2) is 7.70. The zero-order valence-electron chi connectivity index (χ0n) is 15.3. The summed E-state index contributed by atoms with van der Waals surface area (Å²) in [7, 11) is 0. The van der Waals surface area contributed by atoms with Crippen molar-refractivity contribution < 1.29 is 28.7 Å². The van der Waals surface area contributed by atoms with Gasteiger partial charge in [0.25, 0.3) is 0 Å². The first kappa shape index (κ1) is 21.3. The molecule has 132 valence electrons. The van der Waals surface area contributed by atoms with Crippen LogP contribution in [0, 0.1) is 11.8 Å². The molecular formula is C17H28O6. The van der Waals surface area contributed by atoms with Crippen molar-refractivity contribution in [2.45, 2.75) is 73.0 Å². The summed E-state index contributed by atoms with van der Waals surface area (Å²) in [4.78, 5) is 47.9. The summed E-state index contributed by atoms with van der Waals surface area (Å²) in [6.45, 7) is 12.5. The van der Waals surface area contributed by atoms with Crippen molar-refractivity contribution in [1.29, 1.82) is 0 Å². The van der Waals surface area contributed by atoms with E-state index in [1.807, 2.05) is 0 Å². The predicted octanol–water partition coefficient (Wildman–Crippen LogP) is 2.47.